The summed E-state index contributed by atoms with van der Waals surface area (Å²) in [5.74, 6) is -16.4. The fourth-order valence-corrected chi connectivity index (χ4v) is 12.1. The number of benzene rings is 1. The summed E-state index contributed by atoms with van der Waals surface area (Å²) in [5, 5.41) is 74.8. The summed E-state index contributed by atoms with van der Waals surface area (Å²) in [6.07, 6.45) is 6.53. The van der Waals surface area contributed by atoms with Crippen LogP contribution in [-0.4, -0.2) is 205 Å². The minimum absolute atomic E-state index is 0.0220. The molecule has 3 aliphatic heterocycles. The molecule has 2 bridgehead atoms. The number of ether oxygens (including phenoxy) is 1. The molecule has 1 fully saturated rings. The second-order valence-corrected chi connectivity index (χ2v) is 27.6. The first-order chi connectivity index (χ1) is 48.8. The van der Waals surface area contributed by atoms with Crippen molar-refractivity contribution in [2.45, 2.75) is 301 Å². The van der Waals surface area contributed by atoms with Gasteiger partial charge in [0.25, 0.3) is 0 Å². The Bertz CT molecular complexity index is 2950. The molecule has 14 atom stereocenters. The van der Waals surface area contributed by atoms with Crippen LogP contribution in [0.15, 0.2) is 24.3 Å². The highest BCUT2D eigenvalue weighted by molar-refractivity contribution is 6.00. The van der Waals surface area contributed by atoms with Crippen molar-refractivity contribution >= 4 is 82.9 Å². The molecule has 3 aliphatic rings. The van der Waals surface area contributed by atoms with Crippen LogP contribution >= 0.6 is 0 Å². The van der Waals surface area contributed by atoms with Gasteiger partial charge in [0.05, 0.1) is 24.7 Å². The van der Waals surface area contributed by atoms with E-state index in [0.717, 1.165) is 37.5 Å². The number of nitrogens with one attached hydrogen (secondary N) is 9. The lowest BCUT2D eigenvalue weighted by Crippen LogP contribution is -2.62. The Labute approximate surface area is 603 Å². The van der Waals surface area contributed by atoms with Crippen molar-refractivity contribution in [2.75, 3.05) is 13.1 Å². The minimum Gasteiger partial charge on any atom is -0.481 e. The van der Waals surface area contributed by atoms with Gasteiger partial charge in [-0.2, -0.15) is 0 Å². The number of unbranched alkanes of at least 4 members (excludes halogenated alkanes) is 12. The molecule has 32 heteroatoms. The summed E-state index contributed by atoms with van der Waals surface area (Å²) in [5.41, 5.74) is 11.5. The number of rotatable bonds is 38. The molecular formula is C71H116N12O20. The number of carboxylic acid groups (broad SMARTS) is 2. The van der Waals surface area contributed by atoms with Gasteiger partial charge in [-0.3, -0.25) is 62.3 Å². The van der Waals surface area contributed by atoms with Gasteiger partial charge >= 0.3 is 17.9 Å². The number of fused-ring (bicyclic) bond motifs is 23. The molecule has 0 saturated carbocycles. The monoisotopic (exact) mass is 1460 g/mol. The fraction of sp³-hybridized carbons (Fsp3) is 0.718. The molecule has 0 aromatic heterocycles. The number of primary amides is 1. The molecule has 1 saturated heterocycles. The molecule has 580 valence electrons. The van der Waals surface area contributed by atoms with Gasteiger partial charge in [-0.15, -0.1) is 0 Å². The van der Waals surface area contributed by atoms with Crippen LogP contribution in [0, 0.1) is 11.8 Å². The quantitative estimate of drug-likeness (QED) is 0.0189. The van der Waals surface area contributed by atoms with E-state index in [9.17, 15) is 92.7 Å². The normalized spacial score (nSPS) is 22.5. The van der Waals surface area contributed by atoms with Crippen LogP contribution in [0.25, 0.3) is 0 Å². The van der Waals surface area contributed by atoms with Crippen molar-refractivity contribution in [3.63, 3.8) is 0 Å². The number of aliphatic hydroxyl groups is 3. The Morgan fingerprint density at radius 3 is 1.60 bits per heavy atom. The third-order valence-electron chi connectivity index (χ3n) is 18.5. The lowest BCUT2D eigenvalue weighted by atomic mass is 9.98. The first-order valence-corrected chi connectivity index (χ1v) is 36.6. The average Bonchev–Trinajstić information content (AvgIpc) is 1.79. The highest BCUT2D eigenvalue weighted by Gasteiger charge is 2.43. The molecule has 0 radical (unpaired) electrons. The zero-order valence-electron chi connectivity index (χ0n) is 60.9. The van der Waals surface area contributed by atoms with Crippen LogP contribution in [0.4, 0.5) is 0 Å². The zero-order chi connectivity index (χ0) is 76.9. The Morgan fingerprint density at radius 1 is 0.573 bits per heavy atom. The number of hydrogen-bond donors (Lipinski definition) is 16. The second-order valence-electron chi connectivity index (χ2n) is 27.6. The van der Waals surface area contributed by atoms with Crippen molar-refractivity contribution in [1.29, 1.82) is 0 Å². The molecule has 0 aliphatic carbocycles. The number of esters is 1. The number of aliphatic carboxylic acids is 2. The van der Waals surface area contributed by atoms with Crippen LogP contribution < -0.4 is 64.1 Å². The maximum atomic E-state index is 14.8. The molecule has 1 aromatic rings. The Balaban J connectivity index is 2.09. The SMILES string of the molecule is CCCCCCCCCCCCCCCC(O)CC(=O)N[C@@H](CCC(=O)O)C(=O)N[C@@H](CCCN)C(=O)N[C@H]1Cc2ccc(cc2)OC(=O)[C@H]([C@@H](C)CC)NC(=O)[C@H]([C@@H](C)O)NC(=O)[C@H](CCC(N)=O)NC(=O)[C@@H]2CCCN2C(=O)[C@H](C(C)C)NC(=O)[C@H](CCC(=O)O)NC(=O)[C@H]([C@@H](C)O)NC1=O. The van der Waals surface area contributed by atoms with Gasteiger partial charge in [0.1, 0.15) is 66.2 Å². The summed E-state index contributed by atoms with van der Waals surface area (Å²) in [7, 11) is 0. The predicted molar refractivity (Wildman–Crippen MR) is 377 cm³/mol. The van der Waals surface area contributed by atoms with Crippen LogP contribution in [0.2, 0.25) is 0 Å². The molecule has 1 aromatic carbocycles. The van der Waals surface area contributed by atoms with Crippen LogP contribution in [0.3, 0.4) is 0 Å². The maximum Gasteiger partial charge on any atom is 0.334 e. The molecule has 18 N–H and O–H groups in total. The molecule has 32 nitrogen and oxygen atoms in total. The lowest BCUT2D eigenvalue weighted by molar-refractivity contribution is -0.144. The number of carbonyl (C=O) groups is 14. The van der Waals surface area contributed by atoms with E-state index in [1.54, 1.807) is 27.7 Å². The fourth-order valence-electron chi connectivity index (χ4n) is 12.1. The van der Waals surface area contributed by atoms with Crippen molar-refractivity contribution in [1.82, 2.24) is 52.8 Å². The first-order valence-electron chi connectivity index (χ1n) is 36.6. The molecule has 1 unspecified atom stereocenters. The van der Waals surface area contributed by atoms with E-state index >= 15 is 0 Å². The van der Waals surface area contributed by atoms with Crippen LogP contribution in [-0.2, 0) is 73.5 Å². The van der Waals surface area contributed by atoms with E-state index in [1.807, 2.05) is 0 Å². The van der Waals surface area contributed by atoms with Gasteiger partial charge in [0, 0.05) is 32.2 Å². The van der Waals surface area contributed by atoms with E-state index in [-0.39, 0.29) is 56.5 Å². The third-order valence-corrected chi connectivity index (χ3v) is 18.5. The van der Waals surface area contributed by atoms with E-state index in [1.165, 1.54) is 82.6 Å². The van der Waals surface area contributed by atoms with E-state index in [2.05, 4.69) is 54.8 Å². The van der Waals surface area contributed by atoms with E-state index in [4.69, 9.17) is 16.2 Å². The average molecular weight is 1460 g/mol. The molecule has 3 heterocycles. The highest BCUT2D eigenvalue weighted by atomic mass is 16.5. The number of nitrogens with zero attached hydrogens (tertiary/aromatic N) is 1. The van der Waals surface area contributed by atoms with Gasteiger partial charge in [-0.05, 0) is 101 Å². The van der Waals surface area contributed by atoms with Crippen molar-refractivity contribution in [3.8, 4) is 5.75 Å². The van der Waals surface area contributed by atoms with E-state index in [0.29, 0.717) is 12.8 Å². The van der Waals surface area contributed by atoms with Crippen LogP contribution in [0.1, 0.15) is 221 Å². The maximum absolute atomic E-state index is 14.8. The molecule has 4 rings (SSSR count). The lowest BCUT2D eigenvalue weighted by Gasteiger charge is -2.32. The van der Waals surface area contributed by atoms with E-state index < -0.39 is 225 Å². The molecule has 11 amide bonds. The third kappa shape index (κ3) is 32.5. The second kappa shape index (κ2) is 47.1. The number of nitrogens with two attached hydrogens (primary N) is 2. The number of carbonyl (C=O) groups excluding carboxylic acids is 12. The Hall–Kier alpha value is -8.36. The van der Waals surface area contributed by atoms with Gasteiger partial charge in [-0.1, -0.05) is 137 Å². The Kier molecular flexibility index (Phi) is 40.6. The summed E-state index contributed by atoms with van der Waals surface area (Å²) in [4.78, 5) is 194. The predicted octanol–water partition coefficient (Wildman–Crippen LogP) is 0.932. The summed E-state index contributed by atoms with van der Waals surface area (Å²) >= 11 is 0. The van der Waals surface area contributed by atoms with Gasteiger partial charge in [-0.25, -0.2) is 4.79 Å². The van der Waals surface area contributed by atoms with Gasteiger partial charge in [0.2, 0.25) is 65.0 Å². The minimum atomic E-state index is -1.99. The molecule has 0 spiro atoms. The number of amides is 11. The standard InChI is InChI=1S/C71H116N12O20/c1-8-10-11-12-13-14-15-16-17-18-19-20-21-24-46(86)40-55(88)74-49(32-35-56(89)90)63(94)75-48(25-22-37-72)62(93)78-52-39-45-27-29-47(30-28-45)103-71(102)59(42(5)9-2)80-69(100)61(44(7)85)81-65(96)50(31-34-54(73)87)76-67(98)53-26-23-38-83(53)70(101)58(41(3)4)79-64(95)51(33-36-57(91)92)77-68(99)60(43(6)84)82-66(52)97/h27-30,41-44,46,48-53,58-61,84-86H,8-26,31-40,72H2,1-7H3,(H2,73,87)(H,74,88)(H,75,94)(H,76,98)(H,77,99)(H,78,93)(H,79,95)(H,80,100)(H,81,96)(H,82,97)(H,89,90)(H,91,92)/t42-,43+,44+,46?,48-,49-,50-,51-,52-,53-,58-,59-,60-,61-/m0/s1. The highest BCUT2D eigenvalue weighted by Crippen LogP contribution is 2.23. The number of aliphatic hydroxyl groups excluding tert-OH is 3. The molecular weight excluding hydrogens is 1340 g/mol. The van der Waals surface area contributed by atoms with Crippen molar-refractivity contribution in [2.24, 2.45) is 23.3 Å². The number of hydrogen-bond acceptors (Lipinski definition) is 19. The summed E-state index contributed by atoms with van der Waals surface area (Å²) in [6.45, 7) is 10.8. The number of carboxylic acids is 2. The van der Waals surface area contributed by atoms with Gasteiger partial charge < -0.3 is 94.5 Å². The Morgan fingerprint density at radius 2 is 1.08 bits per heavy atom. The summed E-state index contributed by atoms with van der Waals surface area (Å²) < 4.78 is 5.73. The van der Waals surface area contributed by atoms with Crippen molar-refractivity contribution < 1.29 is 97.4 Å². The summed E-state index contributed by atoms with van der Waals surface area (Å²) in [6, 6.07) is -10.9. The topological polar surface area (TPSA) is 513 Å². The smallest absolute Gasteiger partial charge is 0.334 e. The van der Waals surface area contributed by atoms with Gasteiger partial charge in [0.15, 0.2) is 0 Å². The largest absolute Gasteiger partial charge is 0.481 e. The zero-order valence-corrected chi connectivity index (χ0v) is 60.9. The molecule has 103 heavy (non-hydrogen) atoms. The van der Waals surface area contributed by atoms with Crippen molar-refractivity contribution in [3.05, 3.63) is 29.8 Å². The first kappa shape index (κ1) is 88.9. The van der Waals surface area contributed by atoms with Crippen LogP contribution in [0.5, 0.6) is 5.75 Å².